The van der Waals surface area contributed by atoms with Gasteiger partial charge in [0.25, 0.3) is 0 Å². The lowest BCUT2D eigenvalue weighted by atomic mass is 10.0. The highest BCUT2D eigenvalue weighted by molar-refractivity contribution is 5.76. The van der Waals surface area contributed by atoms with Crippen molar-refractivity contribution in [3.05, 3.63) is 0 Å². The first kappa shape index (κ1) is 23.5. The van der Waals surface area contributed by atoms with E-state index in [2.05, 4.69) is 11.8 Å². The first-order valence-corrected chi connectivity index (χ1v) is 11.7. The lowest BCUT2D eigenvalue weighted by Gasteiger charge is -2.22. The summed E-state index contributed by atoms with van der Waals surface area (Å²) < 4.78 is 5.20. The lowest BCUT2D eigenvalue weighted by molar-refractivity contribution is -0.148. The molecule has 1 fully saturated rings. The highest BCUT2D eigenvalue weighted by Gasteiger charge is 2.30. The van der Waals surface area contributed by atoms with Crippen LogP contribution in [0.1, 0.15) is 117 Å². The van der Waals surface area contributed by atoms with Crippen LogP contribution in [0.2, 0.25) is 0 Å². The monoisotopic (exact) mass is 367 g/mol. The van der Waals surface area contributed by atoms with E-state index in [-0.39, 0.29) is 12.0 Å². The van der Waals surface area contributed by atoms with Crippen LogP contribution in [-0.4, -0.2) is 36.6 Å². The van der Waals surface area contributed by atoms with E-state index in [1.165, 1.54) is 89.9 Å². The maximum atomic E-state index is 11.9. The third-order valence-electron chi connectivity index (χ3n) is 5.72. The van der Waals surface area contributed by atoms with Crippen LogP contribution in [0.15, 0.2) is 0 Å². The number of hydrogen-bond donors (Lipinski definition) is 0. The summed E-state index contributed by atoms with van der Waals surface area (Å²) in [6.07, 6.45) is 21.7. The number of carbonyl (C=O) groups excluding carboxylic acids is 1. The zero-order valence-corrected chi connectivity index (χ0v) is 17.8. The Balaban J connectivity index is 1.85. The predicted molar refractivity (Wildman–Crippen MR) is 112 cm³/mol. The molecule has 1 heterocycles. The summed E-state index contributed by atoms with van der Waals surface area (Å²) in [7, 11) is 0. The van der Waals surface area contributed by atoms with Crippen molar-refractivity contribution in [3.8, 4) is 0 Å². The van der Waals surface area contributed by atoms with Gasteiger partial charge in [0.05, 0.1) is 6.61 Å². The molecule has 0 aliphatic carbocycles. The molecule has 154 valence electrons. The van der Waals surface area contributed by atoms with Crippen molar-refractivity contribution in [3.63, 3.8) is 0 Å². The Morgan fingerprint density at radius 3 is 1.81 bits per heavy atom. The maximum Gasteiger partial charge on any atom is 0.323 e. The fourth-order valence-corrected chi connectivity index (χ4v) is 4.11. The number of likely N-dealkylation sites (tertiary alicyclic amines) is 1. The van der Waals surface area contributed by atoms with Gasteiger partial charge in [-0.05, 0) is 39.3 Å². The predicted octanol–water partition coefficient (Wildman–Crippen LogP) is 6.50. The van der Waals surface area contributed by atoms with E-state index in [0.29, 0.717) is 6.61 Å². The average molecular weight is 368 g/mol. The number of unbranched alkanes of at least 4 members (excludes halogenated alkanes) is 13. The summed E-state index contributed by atoms with van der Waals surface area (Å²) in [5.41, 5.74) is 0. The fourth-order valence-electron chi connectivity index (χ4n) is 4.11. The summed E-state index contributed by atoms with van der Waals surface area (Å²) in [5.74, 6) is -0.00429. The van der Waals surface area contributed by atoms with Crippen molar-refractivity contribution in [2.24, 2.45) is 0 Å². The fraction of sp³-hybridized carbons (Fsp3) is 0.957. The molecule has 3 nitrogen and oxygen atoms in total. The molecule has 0 aromatic carbocycles. The molecule has 0 bridgehead atoms. The summed E-state index contributed by atoms with van der Waals surface area (Å²) in [6, 6.07) is 0.0388. The van der Waals surface area contributed by atoms with Gasteiger partial charge in [-0.25, -0.2) is 0 Å². The van der Waals surface area contributed by atoms with Crippen LogP contribution in [0, 0.1) is 0 Å². The second kappa shape index (κ2) is 16.6. The van der Waals surface area contributed by atoms with E-state index >= 15 is 0 Å². The zero-order valence-electron chi connectivity index (χ0n) is 17.8. The van der Waals surface area contributed by atoms with Gasteiger partial charge in [-0.1, -0.05) is 90.4 Å². The minimum Gasteiger partial charge on any atom is -0.465 e. The molecule has 3 heteroatoms. The Morgan fingerprint density at radius 1 is 0.808 bits per heavy atom. The quantitative estimate of drug-likeness (QED) is 0.217. The Kier molecular flexibility index (Phi) is 15.0. The summed E-state index contributed by atoms with van der Waals surface area (Å²) in [6.45, 7) is 6.82. The standard InChI is InChI=1S/C23H45NO2/c1-3-5-6-7-8-9-10-11-12-13-14-15-16-17-20-24-21-18-19-22(24)23(25)26-4-2/h22H,3-21H2,1-2H3. The van der Waals surface area contributed by atoms with Gasteiger partial charge in [0.1, 0.15) is 6.04 Å². The molecule has 0 radical (unpaired) electrons. The van der Waals surface area contributed by atoms with Crippen molar-refractivity contribution in [2.45, 2.75) is 123 Å². The minimum absolute atomic E-state index is 0.00429. The number of carbonyl (C=O) groups is 1. The van der Waals surface area contributed by atoms with Crippen LogP contribution in [-0.2, 0) is 9.53 Å². The highest BCUT2D eigenvalue weighted by Crippen LogP contribution is 2.20. The van der Waals surface area contributed by atoms with Gasteiger partial charge in [-0.3, -0.25) is 9.69 Å². The lowest BCUT2D eigenvalue weighted by Crippen LogP contribution is -2.37. The van der Waals surface area contributed by atoms with Crippen LogP contribution < -0.4 is 0 Å². The third kappa shape index (κ3) is 11.2. The van der Waals surface area contributed by atoms with E-state index in [4.69, 9.17) is 4.74 Å². The zero-order chi connectivity index (χ0) is 18.9. The van der Waals surface area contributed by atoms with Crippen molar-refractivity contribution in [1.82, 2.24) is 4.90 Å². The smallest absolute Gasteiger partial charge is 0.323 e. The van der Waals surface area contributed by atoms with Crippen LogP contribution in [0.3, 0.4) is 0 Å². The average Bonchev–Trinajstić information content (AvgIpc) is 3.11. The van der Waals surface area contributed by atoms with E-state index in [1.807, 2.05) is 6.92 Å². The van der Waals surface area contributed by atoms with Crippen LogP contribution in [0.25, 0.3) is 0 Å². The SMILES string of the molecule is CCCCCCCCCCCCCCCCN1CCCC1C(=O)OCC. The number of hydrogen-bond acceptors (Lipinski definition) is 3. The molecule has 0 spiro atoms. The number of esters is 1. The highest BCUT2D eigenvalue weighted by atomic mass is 16.5. The van der Waals surface area contributed by atoms with Gasteiger partial charge in [-0.2, -0.15) is 0 Å². The van der Waals surface area contributed by atoms with Crippen molar-refractivity contribution in [2.75, 3.05) is 19.7 Å². The first-order valence-electron chi connectivity index (χ1n) is 11.7. The van der Waals surface area contributed by atoms with Crippen LogP contribution in [0.5, 0.6) is 0 Å². The summed E-state index contributed by atoms with van der Waals surface area (Å²) in [5, 5.41) is 0. The van der Waals surface area contributed by atoms with Crippen molar-refractivity contribution in [1.29, 1.82) is 0 Å². The van der Waals surface area contributed by atoms with Crippen molar-refractivity contribution < 1.29 is 9.53 Å². The van der Waals surface area contributed by atoms with Gasteiger partial charge < -0.3 is 4.74 Å². The molecule has 1 aliphatic rings. The topological polar surface area (TPSA) is 29.5 Å². The number of nitrogens with zero attached hydrogens (tertiary/aromatic N) is 1. The van der Waals surface area contributed by atoms with E-state index in [9.17, 15) is 4.79 Å². The van der Waals surface area contributed by atoms with E-state index in [1.54, 1.807) is 0 Å². The molecule has 1 rings (SSSR count). The Morgan fingerprint density at radius 2 is 1.31 bits per heavy atom. The molecule has 26 heavy (non-hydrogen) atoms. The Bertz CT molecular complexity index is 332. The normalized spacial score (nSPS) is 17.7. The minimum atomic E-state index is -0.00429. The molecule has 1 atom stereocenters. The Labute approximate surface area is 163 Å². The molecule has 0 amide bonds. The second-order valence-corrected chi connectivity index (χ2v) is 8.04. The molecular formula is C23H45NO2. The third-order valence-corrected chi connectivity index (χ3v) is 5.72. The largest absolute Gasteiger partial charge is 0.465 e. The molecule has 0 aromatic rings. The molecule has 0 N–H and O–H groups in total. The first-order chi connectivity index (χ1) is 12.8. The van der Waals surface area contributed by atoms with Crippen LogP contribution in [0.4, 0.5) is 0 Å². The molecule has 0 saturated carbocycles. The van der Waals surface area contributed by atoms with Gasteiger partial charge in [0.15, 0.2) is 0 Å². The van der Waals surface area contributed by atoms with E-state index < -0.39 is 0 Å². The number of rotatable bonds is 17. The van der Waals surface area contributed by atoms with Crippen molar-refractivity contribution >= 4 is 5.97 Å². The number of ether oxygens (including phenoxy) is 1. The molecular weight excluding hydrogens is 322 g/mol. The van der Waals surface area contributed by atoms with Gasteiger partial charge in [0.2, 0.25) is 0 Å². The van der Waals surface area contributed by atoms with Gasteiger partial charge in [-0.15, -0.1) is 0 Å². The van der Waals surface area contributed by atoms with Gasteiger partial charge >= 0.3 is 5.97 Å². The molecule has 0 aromatic heterocycles. The van der Waals surface area contributed by atoms with Gasteiger partial charge in [0, 0.05) is 0 Å². The molecule has 1 aliphatic heterocycles. The van der Waals surface area contributed by atoms with E-state index in [0.717, 1.165) is 25.9 Å². The second-order valence-electron chi connectivity index (χ2n) is 8.04. The molecule has 1 unspecified atom stereocenters. The molecule has 1 saturated heterocycles. The summed E-state index contributed by atoms with van der Waals surface area (Å²) in [4.78, 5) is 14.3. The maximum absolute atomic E-state index is 11.9. The summed E-state index contributed by atoms with van der Waals surface area (Å²) >= 11 is 0. The van der Waals surface area contributed by atoms with Crippen LogP contribution >= 0.6 is 0 Å². The Hall–Kier alpha value is -0.570.